The summed E-state index contributed by atoms with van der Waals surface area (Å²) in [6.45, 7) is 4.53. The van der Waals surface area contributed by atoms with Gasteiger partial charge < -0.3 is 20.7 Å². The zero-order chi connectivity index (χ0) is 21.9. The van der Waals surface area contributed by atoms with Crippen LogP contribution in [-0.4, -0.2) is 25.0 Å². The Morgan fingerprint density at radius 1 is 0.903 bits per heavy atom. The molecule has 0 unspecified atom stereocenters. The summed E-state index contributed by atoms with van der Waals surface area (Å²) in [6.07, 6.45) is 1.66. The second-order valence-electron chi connectivity index (χ2n) is 6.78. The van der Waals surface area contributed by atoms with Crippen LogP contribution in [0, 0.1) is 0 Å². The van der Waals surface area contributed by atoms with Crippen molar-refractivity contribution in [2.75, 3.05) is 23.8 Å². The number of nitrogens with one attached hydrogen (secondary N) is 3. The molecule has 2 amide bonds. The van der Waals surface area contributed by atoms with E-state index in [1.165, 1.54) is 0 Å². The second-order valence-corrected chi connectivity index (χ2v) is 6.78. The van der Waals surface area contributed by atoms with Gasteiger partial charge in [-0.05, 0) is 35.9 Å². The van der Waals surface area contributed by atoms with Crippen LogP contribution in [0.3, 0.4) is 0 Å². The van der Waals surface area contributed by atoms with Gasteiger partial charge in [-0.25, -0.2) is 0 Å². The van der Waals surface area contributed by atoms with Crippen molar-refractivity contribution in [3.8, 4) is 5.75 Å². The first-order valence-electron chi connectivity index (χ1n) is 9.94. The number of carbonyl (C=O) groups excluding carboxylic acids is 2. The quantitative estimate of drug-likeness (QED) is 0.433. The molecule has 158 valence electrons. The zero-order valence-electron chi connectivity index (χ0n) is 17.1. The maximum atomic E-state index is 12.4. The van der Waals surface area contributed by atoms with Crippen LogP contribution in [0.4, 0.5) is 11.4 Å². The Morgan fingerprint density at radius 2 is 1.68 bits per heavy atom. The Kier molecular flexibility index (Phi) is 7.83. The molecular formula is C25H25N3O3. The van der Waals surface area contributed by atoms with Gasteiger partial charge in [0.2, 0.25) is 5.91 Å². The molecule has 0 aliphatic carbocycles. The highest BCUT2D eigenvalue weighted by Gasteiger charge is 2.08. The van der Waals surface area contributed by atoms with Crippen molar-refractivity contribution in [1.82, 2.24) is 5.32 Å². The minimum absolute atomic E-state index is 0.0623. The molecule has 6 heteroatoms. The molecule has 0 saturated heterocycles. The Morgan fingerprint density at radius 3 is 2.48 bits per heavy atom. The van der Waals surface area contributed by atoms with E-state index >= 15 is 0 Å². The Bertz CT molecular complexity index is 1030. The molecule has 0 aromatic heterocycles. The lowest BCUT2D eigenvalue weighted by molar-refractivity contribution is -0.114. The highest BCUT2D eigenvalue weighted by molar-refractivity contribution is 5.96. The lowest BCUT2D eigenvalue weighted by Crippen LogP contribution is -2.23. The maximum absolute atomic E-state index is 12.4. The molecule has 0 radical (unpaired) electrons. The van der Waals surface area contributed by atoms with Gasteiger partial charge in [0.15, 0.2) is 0 Å². The van der Waals surface area contributed by atoms with Crippen molar-refractivity contribution >= 4 is 23.2 Å². The second kappa shape index (κ2) is 11.2. The molecule has 0 atom stereocenters. The van der Waals surface area contributed by atoms with Gasteiger partial charge in [-0.2, -0.15) is 0 Å². The van der Waals surface area contributed by atoms with Crippen molar-refractivity contribution in [3.63, 3.8) is 0 Å². The molecule has 0 aliphatic rings. The minimum atomic E-state index is -0.209. The van der Waals surface area contributed by atoms with E-state index in [0.717, 1.165) is 5.56 Å². The Hall–Kier alpha value is -4.06. The van der Waals surface area contributed by atoms with Crippen LogP contribution < -0.4 is 20.7 Å². The number of benzene rings is 3. The van der Waals surface area contributed by atoms with E-state index < -0.39 is 0 Å². The van der Waals surface area contributed by atoms with Crippen LogP contribution in [-0.2, 0) is 11.3 Å². The fraction of sp³-hybridized carbons (Fsp3) is 0.120. The molecule has 0 saturated carbocycles. The van der Waals surface area contributed by atoms with E-state index in [1.54, 1.807) is 42.5 Å². The van der Waals surface area contributed by atoms with Crippen LogP contribution >= 0.6 is 0 Å². The maximum Gasteiger partial charge on any atom is 0.251 e. The highest BCUT2D eigenvalue weighted by Crippen LogP contribution is 2.17. The Labute approximate surface area is 181 Å². The van der Waals surface area contributed by atoms with Gasteiger partial charge in [0.25, 0.3) is 5.91 Å². The van der Waals surface area contributed by atoms with Crippen molar-refractivity contribution < 1.29 is 14.3 Å². The lowest BCUT2D eigenvalue weighted by atomic mass is 10.1. The summed E-state index contributed by atoms with van der Waals surface area (Å²) in [5.41, 5.74) is 2.88. The molecule has 0 aliphatic heterocycles. The fourth-order valence-corrected chi connectivity index (χ4v) is 2.86. The predicted molar refractivity (Wildman–Crippen MR) is 123 cm³/mol. The summed E-state index contributed by atoms with van der Waals surface area (Å²) in [6, 6.07) is 23.9. The van der Waals surface area contributed by atoms with Gasteiger partial charge in [0.1, 0.15) is 12.4 Å². The van der Waals surface area contributed by atoms with Gasteiger partial charge in [0.05, 0.1) is 6.54 Å². The minimum Gasteiger partial charge on any atom is -0.489 e. The van der Waals surface area contributed by atoms with Gasteiger partial charge in [-0.3, -0.25) is 9.59 Å². The van der Waals surface area contributed by atoms with Crippen molar-refractivity contribution in [3.05, 3.63) is 103 Å². The number of ether oxygens (including phenoxy) is 1. The molecule has 3 N–H and O–H groups in total. The molecular weight excluding hydrogens is 390 g/mol. The zero-order valence-corrected chi connectivity index (χ0v) is 17.1. The molecule has 31 heavy (non-hydrogen) atoms. The normalized spacial score (nSPS) is 10.1. The summed E-state index contributed by atoms with van der Waals surface area (Å²) in [4.78, 5) is 24.7. The van der Waals surface area contributed by atoms with E-state index in [1.807, 2.05) is 42.5 Å². The number of hydrogen-bond donors (Lipinski definition) is 3. The molecule has 3 aromatic rings. The Balaban J connectivity index is 1.50. The number of rotatable bonds is 10. The van der Waals surface area contributed by atoms with Gasteiger partial charge in [0, 0.05) is 29.5 Å². The van der Waals surface area contributed by atoms with Gasteiger partial charge in [-0.15, -0.1) is 0 Å². The van der Waals surface area contributed by atoms with Crippen LogP contribution in [0.5, 0.6) is 5.75 Å². The summed E-state index contributed by atoms with van der Waals surface area (Å²) < 4.78 is 5.47. The molecule has 3 aromatic carbocycles. The van der Waals surface area contributed by atoms with Crippen LogP contribution in [0.2, 0.25) is 0 Å². The summed E-state index contributed by atoms with van der Waals surface area (Å²) in [5, 5.41) is 8.76. The van der Waals surface area contributed by atoms with Crippen molar-refractivity contribution in [1.29, 1.82) is 0 Å². The third kappa shape index (κ3) is 7.04. The molecule has 0 heterocycles. The smallest absolute Gasteiger partial charge is 0.251 e. The van der Waals surface area contributed by atoms with E-state index in [4.69, 9.17) is 4.74 Å². The SMILES string of the molecule is C=CCOc1cccc(NC(=O)CNc2cccc(C(=O)NCc3ccccc3)c2)c1. The van der Waals surface area contributed by atoms with E-state index in [2.05, 4.69) is 22.5 Å². The third-order valence-corrected chi connectivity index (χ3v) is 4.36. The number of amides is 2. The standard InChI is InChI=1S/C25H25N3O3/c1-2-14-31-23-13-7-12-22(16-23)28-24(29)18-26-21-11-6-10-20(15-21)25(30)27-17-19-8-4-3-5-9-19/h2-13,15-16,26H,1,14,17-18H2,(H,27,30)(H,28,29). The average Bonchev–Trinajstić information content (AvgIpc) is 2.81. The monoisotopic (exact) mass is 415 g/mol. The number of carbonyl (C=O) groups is 2. The largest absolute Gasteiger partial charge is 0.489 e. The van der Waals surface area contributed by atoms with Gasteiger partial charge in [-0.1, -0.05) is 55.1 Å². The first kappa shape index (κ1) is 21.6. The van der Waals surface area contributed by atoms with E-state index in [-0.39, 0.29) is 18.4 Å². The molecule has 0 spiro atoms. The molecule has 0 bridgehead atoms. The molecule has 3 rings (SSSR count). The molecule has 6 nitrogen and oxygen atoms in total. The first-order valence-corrected chi connectivity index (χ1v) is 9.94. The fourth-order valence-electron chi connectivity index (χ4n) is 2.86. The van der Waals surface area contributed by atoms with Crippen LogP contribution in [0.25, 0.3) is 0 Å². The predicted octanol–water partition coefficient (Wildman–Crippen LogP) is 4.23. The van der Waals surface area contributed by atoms with E-state index in [0.29, 0.717) is 35.8 Å². The van der Waals surface area contributed by atoms with Crippen molar-refractivity contribution in [2.24, 2.45) is 0 Å². The topological polar surface area (TPSA) is 79.5 Å². The summed E-state index contributed by atoms with van der Waals surface area (Å²) >= 11 is 0. The average molecular weight is 415 g/mol. The molecule has 0 fully saturated rings. The number of hydrogen-bond acceptors (Lipinski definition) is 4. The van der Waals surface area contributed by atoms with E-state index in [9.17, 15) is 9.59 Å². The number of anilines is 2. The van der Waals surface area contributed by atoms with Crippen molar-refractivity contribution in [2.45, 2.75) is 6.54 Å². The summed E-state index contributed by atoms with van der Waals surface area (Å²) in [5.74, 6) is 0.271. The summed E-state index contributed by atoms with van der Waals surface area (Å²) in [7, 11) is 0. The highest BCUT2D eigenvalue weighted by atomic mass is 16.5. The third-order valence-electron chi connectivity index (χ3n) is 4.36. The van der Waals surface area contributed by atoms with Crippen LogP contribution in [0.1, 0.15) is 15.9 Å². The first-order chi connectivity index (χ1) is 15.1. The lowest BCUT2D eigenvalue weighted by Gasteiger charge is -2.11. The van der Waals surface area contributed by atoms with Crippen LogP contribution in [0.15, 0.2) is 91.5 Å². The van der Waals surface area contributed by atoms with Gasteiger partial charge >= 0.3 is 0 Å².